The van der Waals surface area contributed by atoms with E-state index in [1.807, 2.05) is 42.8 Å². The molecule has 0 bridgehead atoms. The van der Waals surface area contributed by atoms with Gasteiger partial charge < -0.3 is 24.6 Å². The summed E-state index contributed by atoms with van der Waals surface area (Å²) in [6.07, 6.45) is 6.31. The van der Waals surface area contributed by atoms with Crippen molar-refractivity contribution >= 4 is 56.6 Å². The number of thiophene rings is 1. The molecule has 0 spiro atoms. The number of hydrogen-bond acceptors (Lipinski definition) is 7. The van der Waals surface area contributed by atoms with Crippen LogP contribution in [0.25, 0.3) is 0 Å². The SMILES string of the molecule is CCCNC(=O)c1sc(NI)c(C(=N)Nc2cccnc2O[C@H]2CC[C@H](N)CC2)c1C. The van der Waals surface area contributed by atoms with Gasteiger partial charge in [-0.15, -0.1) is 11.3 Å². The maximum absolute atomic E-state index is 12.5. The van der Waals surface area contributed by atoms with Crippen LogP contribution in [-0.2, 0) is 0 Å². The predicted octanol–water partition coefficient (Wildman–Crippen LogP) is 4.44. The molecular weight excluding hydrogens is 527 g/mol. The van der Waals surface area contributed by atoms with Crippen molar-refractivity contribution in [3.05, 3.63) is 34.3 Å². The summed E-state index contributed by atoms with van der Waals surface area (Å²) in [5, 5.41) is 15.5. The highest BCUT2D eigenvalue weighted by molar-refractivity contribution is 14.1. The molecule has 3 rings (SSSR count). The van der Waals surface area contributed by atoms with Crippen molar-refractivity contribution in [2.24, 2.45) is 5.73 Å². The number of anilines is 2. The Balaban J connectivity index is 1.79. The first-order valence-electron chi connectivity index (χ1n) is 10.5. The van der Waals surface area contributed by atoms with Gasteiger partial charge in [0.25, 0.3) is 5.91 Å². The van der Waals surface area contributed by atoms with Gasteiger partial charge in [0.2, 0.25) is 5.88 Å². The Labute approximate surface area is 200 Å². The minimum atomic E-state index is -0.114. The van der Waals surface area contributed by atoms with E-state index >= 15 is 0 Å². The first-order chi connectivity index (χ1) is 14.9. The summed E-state index contributed by atoms with van der Waals surface area (Å²) in [4.78, 5) is 17.5. The van der Waals surface area contributed by atoms with E-state index in [0.29, 0.717) is 28.6 Å². The van der Waals surface area contributed by atoms with Crippen LogP contribution in [0, 0.1) is 12.3 Å². The summed E-state index contributed by atoms with van der Waals surface area (Å²) >= 11 is 3.37. The lowest BCUT2D eigenvalue weighted by molar-refractivity contribution is 0.0957. The molecule has 1 aliphatic carbocycles. The van der Waals surface area contributed by atoms with Crippen LogP contribution < -0.4 is 24.6 Å². The fourth-order valence-corrected chi connectivity index (χ4v) is 5.18. The summed E-state index contributed by atoms with van der Waals surface area (Å²) in [7, 11) is 0. The number of pyridine rings is 1. The van der Waals surface area contributed by atoms with Crippen LogP contribution in [0.3, 0.4) is 0 Å². The lowest BCUT2D eigenvalue weighted by Gasteiger charge is -2.27. The molecule has 0 aliphatic heterocycles. The van der Waals surface area contributed by atoms with Crippen LogP contribution in [0.2, 0.25) is 0 Å². The zero-order valence-electron chi connectivity index (χ0n) is 17.8. The first kappa shape index (κ1) is 23.7. The van der Waals surface area contributed by atoms with Crippen molar-refractivity contribution in [3.63, 3.8) is 0 Å². The van der Waals surface area contributed by atoms with Gasteiger partial charge in [0.05, 0.1) is 33.3 Å². The molecule has 1 aliphatic rings. The van der Waals surface area contributed by atoms with Gasteiger partial charge in [0, 0.05) is 18.8 Å². The third kappa shape index (κ3) is 5.86. The first-order valence-corrected chi connectivity index (χ1v) is 12.4. The standard InChI is InChI=1S/C21H29IN6O2S/c1-3-10-25-19(29)17-12(2)16(21(28-22)31-17)18(24)27-15-5-4-11-26-20(15)30-14-8-6-13(23)7-9-14/h4-5,11,13-14,28H,3,6-10,23H2,1-2H3,(H2,24,27)(H,25,29)/t13-,14-. The monoisotopic (exact) mass is 556 g/mol. The highest BCUT2D eigenvalue weighted by Gasteiger charge is 2.24. The number of carbonyl (C=O) groups excluding carboxylic acids is 1. The van der Waals surface area contributed by atoms with E-state index in [2.05, 4.69) is 19.1 Å². The number of rotatable bonds is 8. The van der Waals surface area contributed by atoms with Gasteiger partial charge >= 0.3 is 0 Å². The molecule has 0 saturated heterocycles. The number of aromatic nitrogens is 1. The van der Waals surface area contributed by atoms with Crippen molar-refractivity contribution in [1.29, 1.82) is 5.41 Å². The van der Waals surface area contributed by atoms with Crippen molar-refractivity contribution in [1.82, 2.24) is 10.3 Å². The Morgan fingerprint density at radius 2 is 2.13 bits per heavy atom. The quantitative estimate of drug-likeness (QED) is 0.142. The van der Waals surface area contributed by atoms with Crippen LogP contribution >= 0.6 is 34.2 Å². The second kappa shape index (κ2) is 11.1. The zero-order valence-corrected chi connectivity index (χ0v) is 20.7. The van der Waals surface area contributed by atoms with Gasteiger partial charge in [0.1, 0.15) is 22.6 Å². The molecule has 2 heterocycles. The van der Waals surface area contributed by atoms with Gasteiger partial charge in [0.15, 0.2) is 0 Å². The Bertz CT molecular complexity index is 927. The van der Waals surface area contributed by atoms with Crippen molar-refractivity contribution in [3.8, 4) is 5.88 Å². The fourth-order valence-electron chi connectivity index (χ4n) is 3.56. The molecule has 8 nitrogen and oxygen atoms in total. The molecule has 0 radical (unpaired) electrons. The number of nitrogens with two attached hydrogens (primary N) is 1. The lowest BCUT2D eigenvalue weighted by Crippen LogP contribution is -2.32. The Kier molecular flexibility index (Phi) is 8.50. The summed E-state index contributed by atoms with van der Waals surface area (Å²) in [5.74, 6) is 0.550. The number of amidine groups is 1. The largest absolute Gasteiger partial charge is 0.473 e. The summed E-state index contributed by atoms with van der Waals surface area (Å²) in [5.41, 5.74) is 8.06. The third-order valence-electron chi connectivity index (χ3n) is 5.25. The molecule has 2 aromatic heterocycles. The molecule has 1 saturated carbocycles. The maximum atomic E-state index is 12.5. The topological polar surface area (TPSA) is 125 Å². The van der Waals surface area contributed by atoms with Crippen LogP contribution in [0.1, 0.15) is 59.8 Å². The molecule has 10 heteroatoms. The van der Waals surface area contributed by atoms with Crippen LogP contribution in [0.5, 0.6) is 5.88 Å². The second-order valence-electron chi connectivity index (χ2n) is 7.62. The molecule has 1 amide bonds. The van der Waals surface area contributed by atoms with Crippen molar-refractivity contribution in [2.45, 2.75) is 58.1 Å². The van der Waals surface area contributed by atoms with Gasteiger partial charge in [-0.3, -0.25) is 10.2 Å². The van der Waals surface area contributed by atoms with E-state index in [1.165, 1.54) is 11.3 Å². The Morgan fingerprint density at radius 3 is 2.81 bits per heavy atom. The van der Waals surface area contributed by atoms with Gasteiger partial charge in [-0.1, -0.05) is 6.92 Å². The van der Waals surface area contributed by atoms with E-state index in [-0.39, 0.29) is 23.9 Å². The smallest absolute Gasteiger partial charge is 0.261 e. The van der Waals surface area contributed by atoms with E-state index in [4.69, 9.17) is 15.9 Å². The zero-order chi connectivity index (χ0) is 22.4. The van der Waals surface area contributed by atoms with Crippen LogP contribution in [0.15, 0.2) is 18.3 Å². The molecule has 6 N–H and O–H groups in total. The van der Waals surface area contributed by atoms with Crippen LogP contribution in [0.4, 0.5) is 10.7 Å². The van der Waals surface area contributed by atoms with Gasteiger partial charge in [-0.25, -0.2) is 4.98 Å². The normalized spacial score (nSPS) is 18.3. The molecule has 0 aromatic carbocycles. The molecule has 0 atom stereocenters. The van der Waals surface area contributed by atoms with Gasteiger partial charge in [-0.05, 0) is 56.7 Å². The number of halogens is 1. The van der Waals surface area contributed by atoms with Crippen LogP contribution in [-0.4, -0.2) is 35.4 Å². The number of carbonyl (C=O) groups is 1. The van der Waals surface area contributed by atoms with Crippen molar-refractivity contribution < 1.29 is 9.53 Å². The molecule has 168 valence electrons. The number of nitrogens with one attached hydrogen (secondary N) is 4. The Hall–Kier alpha value is -1.92. The summed E-state index contributed by atoms with van der Waals surface area (Å²) in [6.45, 7) is 4.50. The average Bonchev–Trinajstić information content (AvgIpc) is 3.11. The minimum Gasteiger partial charge on any atom is -0.473 e. The second-order valence-corrected chi connectivity index (χ2v) is 9.18. The fraction of sp³-hybridized carbons (Fsp3) is 0.476. The third-order valence-corrected chi connectivity index (χ3v) is 7.36. The van der Waals surface area contributed by atoms with E-state index in [1.54, 1.807) is 12.3 Å². The highest BCUT2D eigenvalue weighted by Crippen LogP contribution is 2.35. The summed E-state index contributed by atoms with van der Waals surface area (Å²) < 4.78 is 9.23. The number of amides is 1. The summed E-state index contributed by atoms with van der Waals surface area (Å²) in [6, 6.07) is 3.90. The molecule has 0 unspecified atom stereocenters. The molecule has 1 fully saturated rings. The predicted molar refractivity (Wildman–Crippen MR) is 135 cm³/mol. The maximum Gasteiger partial charge on any atom is 0.261 e. The van der Waals surface area contributed by atoms with Crippen molar-refractivity contribution in [2.75, 3.05) is 15.4 Å². The number of nitrogens with zero attached hydrogens (tertiary/aromatic N) is 1. The number of hydrogen-bond donors (Lipinski definition) is 5. The van der Waals surface area contributed by atoms with E-state index in [9.17, 15) is 4.79 Å². The highest BCUT2D eigenvalue weighted by atomic mass is 127. The van der Waals surface area contributed by atoms with Gasteiger partial charge in [-0.2, -0.15) is 0 Å². The van der Waals surface area contributed by atoms with E-state index < -0.39 is 0 Å². The molecular formula is C21H29IN6O2S. The number of ether oxygens (including phenoxy) is 1. The average molecular weight is 556 g/mol. The Morgan fingerprint density at radius 1 is 1.39 bits per heavy atom. The lowest BCUT2D eigenvalue weighted by atomic mass is 9.94. The minimum absolute atomic E-state index is 0.0766. The molecule has 2 aromatic rings. The van der Waals surface area contributed by atoms with E-state index in [0.717, 1.165) is 42.7 Å². The molecule has 31 heavy (non-hydrogen) atoms.